The molecule has 0 amide bonds. The predicted octanol–water partition coefficient (Wildman–Crippen LogP) is 1.57. The molecule has 17 heavy (non-hydrogen) atoms. The minimum absolute atomic E-state index is 0.663. The Balaban J connectivity index is 1.56. The van der Waals surface area contributed by atoms with E-state index in [2.05, 4.69) is 40.3 Å². The smallest absolute Gasteiger partial charge is 0.225 e. The van der Waals surface area contributed by atoms with E-state index < -0.39 is 0 Å². The summed E-state index contributed by atoms with van der Waals surface area (Å²) < 4.78 is 3.03. The van der Waals surface area contributed by atoms with Gasteiger partial charge in [0.05, 0.1) is 10.8 Å². The van der Waals surface area contributed by atoms with Gasteiger partial charge < -0.3 is 9.47 Å². The van der Waals surface area contributed by atoms with Crippen molar-refractivity contribution in [1.82, 2.24) is 19.5 Å². The zero-order chi connectivity index (χ0) is 11.7. The summed E-state index contributed by atoms with van der Waals surface area (Å²) in [5.74, 6) is 1.48. The molecule has 1 saturated heterocycles. The first-order valence-corrected chi connectivity index (χ1v) is 6.29. The summed E-state index contributed by atoms with van der Waals surface area (Å²) in [5.41, 5.74) is 0. The van der Waals surface area contributed by atoms with Gasteiger partial charge in [0.1, 0.15) is 0 Å². The summed E-state index contributed by atoms with van der Waals surface area (Å²) in [5, 5.41) is 0. The van der Waals surface area contributed by atoms with Crippen molar-refractivity contribution in [1.29, 1.82) is 0 Å². The molecule has 0 aliphatic carbocycles. The quantitative estimate of drug-likeness (QED) is 0.862. The highest BCUT2D eigenvalue weighted by atomic mass is 79.9. The van der Waals surface area contributed by atoms with Gasteiger partial charge in [-0.05, 0) is 15.9 Å². The second kappa shape index (κ2) is 4.44. The minimum Gasteiger partial charge on any atom is -0.340 e. The van der Waals surface area contributed by atoms with E-state index in [9.17, 15) is 0 Å². The molecule has 0 bridgehead atoms. The van der Waals surface area contributed by atoms with Crippen molar-refractivity contribution >= 4 is 21.9 Å². The van der Waals surface area contributed by atoms with Crippen LogP contribution in [-0.2, 0) is 6.54 Å². The molecule has 2 aromatic heterocycles. The number of nitrogens with zero attached hydrogens (tertiary/aromatic N) is 5. The first kappa shape index (κ1) is 10.7. The van der Waals surface area contributed by atoms with Crippen LogP contribution in [0.1, 0.15) is 0 Å². The van der Waals surface area contributed by atoms with Crippen molar-refractivity contribution in [3.8, 4) is 0 Å². The van der Waals surface area contributed by atoms with Gasteiger partial charge in [-0.1, -0.05) is 0 Å². The highest BCUT2D eigenvalue weighted by Crippen LogP contribution is 2.22. The Morgan fingerprint density at radius 3 is 2.71 bits per heavy atom. The Bertz CT molecular complexity index is 475. The van der Waals surface area contributed by atoms with Crippen LogP contribution in [0.4, 0.5) is 5.95 Å². The van der Waals surface area contributed by atoms with Crippen LogP contribution < -0.4 is 4.90 Å². The van der Waals surface area contributed by atoms with Crippen molar-refractivity contribution < 1.29 is 0 Å². The molecule has 0 unspecified atom stereocenters. The molecule has 2 aromatic rings. The average molecular weight is 294 g/mol. The molecular weight excluding hydrogens is 282 g/mol. The lowest BCUT2D eigenvalue weighted by Crippen LogP contribution is -2.49. The summed E-state index contributed by atoms with van der Waals surface area (Å²) in [6.45, 7) is 3.05. The van der Waals surface area contributed by atoms with Crippen molar-refractivity contribution in [3.63, 3.8) is 0 Å². The lowest BCUT2D eigenvalue weighted by molar-refractivity contribution is 0.352. The van der Waals surface area contributed by atoms with Gasteiger partial charge in [-0.3, -0.25) is 0 Å². The SMILES string of the molecule is Brc1cnc(N2CC(Cn3ccnc3)C2)nc1. The number of imidazole rings is 1. The van der Waals surface area contributed by atoms with E-state index in [4.69, 9.17) is 0 Å². The van der Waals surface area contributed by atoms with Gasteiger partial charge in [0.2, 0.25) is 5.95 Å². The second-order valence-corrected chi connectivity index (χ2v) is 5.15. The molecule has 3 rings (SSSR count). The molecule has 1 fully saturated rings. The van der Waals surface area contributed by atoms with Gasteiger partial charge in [-0.25, -0.2) is 15.0 Å². The van der Waals surface area contributed by atoms with E-state index in [1.54, 1.807) is 12.4 Å². The molecule has 0 spiro atoms. The van der Waals surface area contributed by atoms with Crippen molar-refractivity contribution in [2.45, 2.75) is 6.54 Å². The fourth-order valence-corrected chi connectivity index (χ4v) is 2.22. The van der Waals surface area contributed by atoms with Crippen molar-refractivity contribution in [2.24, 2.45) is 5.92 Å². The number of hydrogen-bond donors (Lipinski definition) is 0. The van der Waals surface area contributed by atoms with E-state index >= 15 is 0 Å². The highest BCUT2D eigenvalue weighted by molar-refractivity contribution is 9.10. The molecule has 0 atom stereocenters. The third-order valence-corrected chi connectivity index (χ3v) is 3.28. The fourth-order valence-electron chi connectivity index (χ4n) is 2.01. The Labute approximate surface area is 108 Å². The Hall–Kier alpha value is -1.43. The molecular formula is C11H12BrN5. The van der Waals surface area contributed by atoms with Gasteiger partial charge in [0, 0.05) is 50.3 Å². The zero-order valence-electron chi connectivity index (χ0n) is 9.20. The van der Waals surface area contributed by atoms with Gasteiger partial charge in [0.25, 0.3) is 0 Å². The molecule has 3 heterocycles. The van der Waals surface area contributed by atoms with Crippen LogP contribution in [0.15, 0.2) is 35.6 Å². The monoisotopic (exact) mass is 293 g/mol. The van der Waals surface area contributed by atoms with Crippen molar-refractivity contribution in [3.05, 3.63) is 35.6 Å². The standard InChI is InChI=1S/C11H12BrN5/c12-10-3-14-11(15-4-10)17-6-9(7-17)5-16-2-1-13-8-16/h1-4,8-9H,5-7H2. The summed E-state index contributed by atoms with van der Waals surface area (Å²) in [6, 6.07) is 0. The summed E-state index contributed by atoms with van der Waals surface area (Å²) in [6.07, 6.45) is 9.24. The van der Waals surface area contributed by atoms with Crippen LogP contribution >= 0.6 is 15.9 Å². The molecule has 6 heteroatoms. The van der Waals surface area contributed by atoms with Crippen LogP contribution in [0.2, 0.25) is 0 Å². The van der Waals surface area contributed by atoms with E-state index in [1.165, 1.54) is 0 Å². The molecule has 0 N–H and O–H groups in total. The summed E-state index contributed by atoms with van der Waals surface area (Å²) in [4.78, 5) is 14.8. The summed E-state index contributed by atoms with van der Waals surface area (Å²) in [7, 11) is 0. The largest absolute Gasteiger partial charge is 0.340 e. The summed E-state index contributed by atoms with van der Waals surface area (Å²) >= 11 is 3.33. The number of rotatable bonds is 3. The molecule has 0 aromatic carbocycles. The van der Waals surface area contributed by atoms with E-state index in [0.717, 1.165) is 30.1 Å². The third kappa shape index (κ3) is 2.31. The lowest BCUT2D eigenvalue weighted by Gasteiger charge is -2.39. The van der Waals surface area contributed by atoms with Gasteiger partial charge in [0.15, 0.2) is 0 Å². The topological polar surface area (TPSA) is 46.8 Å². The van der Waals surface area contributed by atoms with Crippen LogP contribution in [0.3, 0.4) is 0 Å². The third-order valence-electron chi connectivity index (χ3n) is 2.87. The predicted molar refractivity (Wildman–Crippen MR) is 67.7 cm³/mol. The van der Waals surface area contributed by atoms with E-state index in [-0.39, 0.29) is 0 Å². The zero-order valence-corrected chi connectivity index (χ0v) is 10.8. The van der Waals surface area contributed by atoms with Crippen LogP contribution in [0.25, 0.3) is 0 Å². The lowest BCUT2D eigenvalue weighted by atomic mass is 10.0. The Morgan fingerprint density at radius 2 is 2.06 bits per heavy atom. The number of aromatic nitrogens is 4. The van der Waals surface area contributed by atoms with E-state index in [1.807, 2.05) is 18.7 Å². The minimum atomic E-state index is 0.663. The highest BCUT2D eigenvalue weighted by Gasteiger charge is 2.28. The maximum Gasteiger partial charge on any atom is 0.225 e. The maximum atomic E-state index is 4.28. The van der Waals surface area contributed by atoms with Crippen LogP contribution in [-0.4, -0.2) is 32.6 Å². The van der Waals surface area contributed by atoms with Crippen molar-refractivity contribution in [2.75, 3.05) is 18.0 Å². The Morgan fingerprint density at radius 1 is 1.29 bits per heavy atom. The first-order valence-electron chi connectivity index (χ1n) is 5.49. The number of anilines is 1. The average Bonchev–Trinajstić information content (AvgIpc) is 2.77. The molecule has 0 saturated carbocycles. The van der Waals surface area contributed by atoms with Gasteiger partial charge >= 0.3 is 0 Å². The number of halogens is 1. The number of hydrogen-bond acceptors (Lipinski definition) is 4. The Kier molecular flexibility index (Phi) is 2.80. The molecule has 88 valence electrons. The van der Waals surface area contributed by atoms with Crippen LogP contribution in [0.5, 0.6) is 0 Å². The first-order chi connectivity index (χ1) is 8.31. The van der Waals surface area contributed by atoms with Gasteiger partial charge in [-0.15, -0.1) is 0 Å². The van der Waals surface area contributed by atoms with Gasteiger partial charge in [-0.2, -0.15) is 0 Å². The van der Waals surface area contributed by atoms with E-state index in [0.29, 0.717) is 5.92 Å². The molecule has 0 radical (unpaired) electrons. The molecule has 1 aliphatic rings. The maximum absolute atomic E-state index is 4.28. The fraction of sp³-hybridized carbons (Fsp3) is 0.364. The molecule has 5 nitrogen and oxygen atoms in total. The normalized spacial score (nSPS) is 15.9. The molecule has 1 aliphatic heterocycles. The van der Waals surface area contributed by atoms with Crippen LogP contribution in [0, 0.1) is 5.92 Å². The second-order valence-electron chi connectivity index (χ2n) is 4.23.